The first-order valence-electron chi connectivity index (χ1n) is 10.9. The van der Waals surface area contributed by atoms with Crippen LogP contribution in [-0.2, 0) is 6.42 Å². The summed E-state index contributed by atoms with van der Waals surface area (Å²) in [5, 5.41) is 5.60. The number of benzene rings is 2. The lowest BCUT2D eigenvalue weighted by Gasteiger charge is -2.50. The maximum Gasteiger partial charge on any atom is 0.319 e. The molecule has 3 aliphatic rings. The number of nitrogens with zero attached hydrogens (tertiary/aromatic N) is 1. The topological polar surface area (TPSA) is 44.4 Å². The number of anilines is 1. The Kier molecular flexibility index (Phi) is 6.62. The summed E-state index contributed by atoms with van der Waals surface area (Å²) in [6.45, 7) is 2.72. The van der Waals surface area contributed by atoms with Gasteiger partial charge in [-0.2, -0.15) is 0 Å². The van der Waals surface area contributed by atoms with E-state index in [1.54, 1.807) is 24.3 Å². The largest absolute Gasteiger partial charge is 0.338 e. The zero-order chi connectivity index (χ0) is 20.9. The van der Waals surface area contributed by atoms with Crippen molar-refractivity contribution in [2.75, 3.05) is 25.0 Å². The van der Waals surface area contributed by atoms with Gasteiger partial charge in [0.2, 0.25) is 0 Å². The molecule has 2 amide bonds. The van der Waals surface area contributed by atoms with Crippen molar-refractivity contribution in [3.05, 3.63) is 65.7 Å². The van der Waals surface area contributed by atoms with Gasteiger partial charge in [0.1, 0.15) is 11.6 Å². The quantitative estimate of drug-likeness (QED) is 0.639. The van der Waals surface area contributed by atoms with Crippen LogP contribution in [0.4, 0.5) is 19.3 Å². The van der Waals surface area contributed by atoms with E-state index in [9.17, 15) is 13.6 Å². The van der Waals surface area contributed by atoms with Crippen LogP contribution in [0.15, 0.2) is 48.5 Å². The molecular formula is C24H29F2N3O. The molecule has 4 nitrogen and oxygen atoms in total. The summed E-state index contributed by atoms with van der Waals surface area (Å²) in [5.74, 6) is 0.865. The van der Waals surface area contributed by atoms with Gasteiger partial charge in [-0.3, -0.25) is 4.90 Å². The summed E-state index contributed by atoms with van der Waals surface area (Å²) in [4.78, 5) is 14.6. The molecule has 30 heavy (non-hydrogen) atoms. The van der Waals surface area contributed by atoms with Crippen LogP contribution in [-0.4, -0.2) is 36.6 Å². The number of halogens is 2. The Labute approximate surface area is 176 Å². The maximum absolute atomic E-state index is 13.2. The second-order valence-corrected chi connectivity index (χ2v) is 8.57. The molecule has 2 heterocycles. The Morgan fingerprint density at radius 3 is 2.40 bits per heavy atom. The molecule has 1 aliphatic carbocycles. The number of carbonyl (C=O) groups excluding carboxylic acids is 1. The number of hydrogen-bond acceptors (Lipinski definition) is 2. The van der Waals surface area contributed by atoms with Crippen molar-refractivity contribution in [2.24, 2.45) is 11.8 Å². The minimum absolute atomic E-state index is 0.179. The highest BCUT2D eigenvalue weighted by atomic mass is 19.1. The summed E-state index contributed by atoms with van der Waals surface area (Å²) in [6.07, 6.45) is 5.70. The molecule has 5 rings (SSSR count). The maximum atomic E-state index is 13.2. The van der Waals surface area contributed by atoms with E-state index < -0.39 is 0 Å². The molecule has 2 aliphatic heterocycles. The van der Waals surface area contributed by atoms with Gasteiger partial charge in [0, 0.05) is 31.4 Å². The minimum atomic E-state index is -0.325. The van der Waals surface area contributed by atoms with E-state index in [0.29, 0.717) is 24.2 Å². The van der Waals surface area contributed by atoms with Crippen molar-refractivity contribution < 1.29 is 13.6 Å². The monoisotopic (exact) mass is 413 g/mol. The van der Waals surface area contributed by atoms with Gasteiger partial charge in [-0.15, -0.1) is 0 Å². The fourth-order valence-corrected chi connectivity index (χ4v) is 5.05. The number of amides is 2. The van der Waals surface area contributed by atoms with Gasteiger partial charge >= 0.3 is 6.03 Å². The number of piperidine rings is 2. The van der Waals surface area contributed by atoms with Crippen molar-refractivity contribution in [1.29, 1.82) is 0 Å². The zero-order valence-electron chi connectivity index (χ0n) is 17.1. The summed E-state index contributed by atoms with van der Waals surface area (Å²) in [5.41, 5.74) is 1.79. The number of urea groups is 1. The standard InChI is InChI=1S/C24H29F2N3O/c25-20-5-2-17(3-6-20)14-19-15-18-4-11-23(19)29(16-18)13-1-12-27-24(30)28-22-9-7-21(26)8-10-22/h2-3,5-10,18-19,23H,1,4,11-16H2,(H2,27,28,30)/t18-,19+,23+/m1/s1. The van der Waals surface area contributed by atoms with Gasteiger partial charge in [0.05, 0.1) is 0 Å². The van der Waals surface area contributed by atoms with Crippen LogP contribution in [0.5, 0.6) is 0 Å². The Balaban J connectivity index is 1.22. The Bertz CT molecular complexity index is 841. The van der Waals surface area contributed by atoms with Gasteiger partial charge < -0.3 is 10.6 Å². The van der Waals surface area contributed by atoms with Crippen LogP contribution in [0.1, 0.15) is 31.2 Å². The molecule has 2 N–H and O–H groups in total. The average molecular weight is 414 g/mol. The summed E-state index contributed by atoms with van der Waals surface area (Å²) in [7, 11) is 0. The molecule has 3 atom stereocenters. The third kappa shape index (κ3) is 5.36. The lowest BCUT2D eigenvalue weighted by atomic mass is 9.70. The molecule has 1 saturated carbocycles. The molecule has 2 saturated heterocycles. The fourth-order valence-electron chi connectivity index (χ4n) is 5.05. The van der Waals surface area contributed by atoms with Gasteiger partial charge in [-0.05, 0) is 85.9 Å². The van der Waals surface area contributed by atoms with Gasteiger partial charge in [-0.1, -0.05) is 12.1 Å². The molecule has 3 fully saturated rings. The molecule has 0 unspecified atom stereocenters. The molecule has 0 spiro atoms. The summed E-state index contributed by atoms with van der Waals surface area (Å²) >= 11 is 0. The smallest absolute Gasteiger partial charge is 0.319 e. The predicted octanol–water partition coefficient (Wildman–Crippen LogP) is 4.82. The third-order valence-corrected chi connectivity index (χ3v) is 6.43. The van der Waals surface area contributed by atoms with Gasteiger partial charge in [0.25, 0.3) is 0 Å². The van der Waals surface area contributed by atoms with Crippen LogP contribution in [0.2, 0.25) is 0 Å². The van der Waals surface area contributed by atoms with E-state index in [1.165, 1.54) is 37.0 Å². The number of nitrogens with one attached hydrogen (secondary N) is 2. The first-order chi connectivity index (χ1) is 14.6. The zero-order valence-corrected chi connectivity index (χ0v) is 17.1. The predicted molar refractivity (Wildman–Crippen MR) is 114 cm³/mol. The van der Waals surface area contributed by atoms with Gasteiger partial charge in [-0.25, -0.2) is 13.6 Å². The van der Waals surface area contributed by atoms with Crippen LogP contribution in [0, 0.1) is 23.5 Å². The van der Waals surface area contributed by atoms with E-state index in [4.69, 9.17) is 0 Å². The lowest BCUT2D eigenvalue weighted by Crippen LogP contribution is -2.54. The SMILES string of the molecule is O=C(NCCCN1C[C@@H]2CC[C@H]1[C@@H](Cc1ccc(F)cc1)C2)Nc1ccc(F)cc1. The molecule has 2 aromatic rings. The lowest BCUT2D eigenvalue weighted by molar-refractivity contribution is 0.000976. The Hall–Kier alpha value is -2.47. The number of carbonyl (C=O) groups is 1. The first kappa shape index (κ1) is 20.8. The summed E-state index contributed by atoms with van der Waals surface area (Å²) in [6, 6.07) is 13.0. The van der Waals surface area contributed by atoms with Crippen molar-refractivity contribution in [2.45, 2.75) is 38.1 Å². The van der Waals surface area contributed by atoms with Crippen LogP contribution >= 0.6 is 0 Å². The normalized spacial score (nSPS) is 23.3. The van der Waals surface area contributed by atoms with Crippen molar-refractivity contribution >= 4 is 11.7 Å². The van der Waals surface area contributed by atoms with E-state index >= 15 is 0 Å². The fraction of sp³-hybridized carbons (Fsp3) is 0.458. The Morgan fingerprint density at radius 1 is 1.00 bits per heavy atom. The van der Waals surface area contributed by atoms with Crippen molar-refractivity contribution in [3.8, 4) is 0 Å². The molecule has 0 radical (unpaired) electrons. The van der Waals surface area contributed by atoms with E-state index in [0.717, 1.165) is 31.8 Å². The minimum Gasteiger partial charge on any atom is -0.338 e. The molecule has 2 aromatic carbocycles. The highest BCUT2D eigenvalue weighted by Gasteiger charge is 2.40. The molecule has 6 heteroatoms. The van der Waals surface area contributed by atoms with Crippen LogP contribution < -0.4 is 10.6 Å². The van der Waals surface area contributed by atoms with Crippen LogP contribution in [0.3, 0.4) is 0 Å². The first-order valence-corrected chi connectivity index (χ1v) is 10.9. The van der Waals surface area contributed by atoms with E-state index in [2.05, 4.69) is 15.5 Å². The Morgan fingerprint density at radius 2 is 1.70 bits per heavy atom. The van der Waals surface area contributed by atoms with E-state index in [1.807, 2.05) is 12.1 Å². The van der Waals surface area contributed by atoms with Crippen LogP contribution in [0.25, 0.3) is 0 Å². The van der Waals surface area contributed by atoms with E-state index in [-0.39, 0.29) is 17.7 Å². The third-order valence-electron chi connectivity index (χ3n) is 6.43. The number of rotatable bonds is 7. The highest BCUT2D eigenvalue weighted by molar-refractivity contribution is 5.89. The second kappa shape index (κ2) is 9.56. The molecule has 0 aromatic heterocycles. The highest BCUT2D eigenvalue weighted by Crippen LogP contribution is 2.40. The number of hydrogen-bond donors (Lipinski definition) is 2. The molecule has 160 valence electrons. The van der Waals surface area contributed by atoms with Crippen molar-refractivity contribution in [3.63, 3.8) is 0 Å². The number of fused-ring (bicyclic) bond motifs is 3. The average Bonchev–Trinajstić information content (AvgIpc) is 2.75. The second-order valence-electron chi connectivity index (χ2n) is 8.57. The molecule has 2 bridgehead atoms. The van der Waals surface area contributed by atoms with Gasteiger partial charge in [0.15, 0.2) is 0 Å². The summed E-state index contributed by atoms with van der Waals surface area (Å²) < 4.78 is 26.1. The van der Waals surface area contributed by atoms with Crippen molar-refractivity contribution in [1.82, 2.24) is 10.2 Å². The molecular weight excluding hydrogens is 384 g/mol.